The van der Waals surface area contributed by atoms with Gasteiger partial charge in [0.1, 0.15) is 5.76 Å². The zero-order valence-electron chi connectivity index (χ0n) is 10.2. The zero-order valence-corrected chi connectivity index (χ0v) is 10.2. The number of aliphatic hydroxyl groups is 1. The molecule has 1 heterocycles. The monoisotopic (exact) mass is 251 g/mol. The molecule has 1 amide bonds. The summed E-state index contributed by atoms with van der Waals surface area (Å²) in [5.74, 6) is -1.05. The maximum absolute atomic E-state index is 11.4. The van der Waals surface area contributed by atoms with Crippen LogP contribution in [0.5, 0.6) is 0 Å². The molecule has 1 aromatic heterocycles. The largest absolute Gasteiger partial charge is 0.510 e. The number of rotatable bonds is 4. The predicted octanol–water partition coefficient (Wildman–Crippen LogP) is 1.23. The van der Waals surface area contributed by atoms with Crippen molar-refractivity contribution in [2.24, 2.45) is 10.2 Å². The van der Waals surface area contributed by atoms with E-state index in [0.717, 1.165) is 0 Å². The van der Waals surface area contributed by atoms with Crippen LogP contribution in [0.3, 0.4) is 0 Å². The first-order valence-electron chi connectivity index (χ1n) is 5.05. The van der Waals surface area contributed by atoms with Gasteiger partial charge in [-0.2, -0.15) is 0 Å². The van der Waals surface area contributed by atoms with E-state index < -0.39 is 11.7 Å². The van der Waals surface area contributed by atoms with Crippen LogP contribution in [-0.2, 0) is 4.79 Å². The number of aliphatic hydroxyl groups excluding tert-OH is 1. The second kappa shape index (κ2) is 5.71. The Balaban J connectivity index is 3.05. The van der Waals surface area contributed by atoms with Gasteiger partial charge in [-0.05, 0) is 6.92 Å². The lowest BCUT2D eigenvalue weighted by Gasteiger charge is -1.97. The van der Waals surface area contributed by atoms with Crippen molar-refractivity contribution in [2.45, 2.75) is 13.8 Å². The maximum atomic E-state index is 11.4. The molecule has 0 aliphatic heterocycles. The number of hydrogen-bond acceptors (Lipinski definition) is 6. The lowest BCUT2D eigenvalue weighted by molar-refractivity contribution is -0.113. The fourth-order valence-electron chi connectivity index (χ4n) is 1.15. The molecule has 3 N–H and O–H groups in total. The van der Waals surface area contributed by atoms with Crippen molar-refractivity contribution < 1.29 is 14.7 Å². The van der Waals surface area contributed by atoms with Gasteiger partial charge >= 0.3 is 0 Å². The summed E-state index contributed by atoms with van der Waals surface area (Å²) < 4.78 is 0. The number of Topliss-reactive ketones (excluding diaryl/α,β-unsaturated/α-hetero) is 1. The van der Waals surface area contributed by atoms with Crippen LogP contribution >= 0.6 is 0 Å². The van der Waals surface area contributed by atoms with Crippen LogP contribution in [0, 0.1) is 0 Å². The van der Waals surface area contributed by atoms with E-state index in [-0.39, 0.29) is 23.0 Å². The first-order chi connectivity index (χ1) is 8.47. The van der Waals surface area contributed by atoms with Crippen LogP contribution in [-0.4, -0.2) is 33.8 Å². The van der Waals surface area contributed by atoms with Gasteiger partial charge in [0.05, 0.1) is 6.33 Å². The minimum atomic E-state index is -0.434. The number of allylic oxidation sites excluding steroid dienone is 2. The van der Waals surface area contributed by atoms with E-state index >= 15 is 0 Å². The van der Waals surface area contributed by atoms with Crippen molar-refractivity contribution in [3.05, 3.63) is 23.5 Å². The number of amides is 1. The van der Waals surface area contributed by atoms with Crippen LogP contribution < -0.4 is 5.32 Å². The molecule has 0 bridgehead atoms. The van der Waals surface area contributed by atoms with E-state index in [1.807, 2.05) is 0 Å². The van der Waals surface area contributed by atoms with Crippen molar-refractivity contribution in [3.8, 4) is 0 Å². The first-order valence-corrected chi connectivity index (χ1v) is 5.05. The van der Waals surface area contributed by atoms with Gasteiger partial charge in [-0.25, -0.2) is 4.98 Å². The predicted molar refractivity (Wildman–Crippen MR) is 62.5 cm³/mol. The fraction of sp³-hybridized carbons (Fsp3) is 0.300. The summed E-state index contributed by atoms with van der Waals surface area (Å²) in [4.78, 5) is 28.9. The van der Waals surface area contributed by atoms with Gasteiger partial charge in [0.15, 0.2) is 17.2 Å². The molecule has 0 fully saturated rings. The van der Waals surface area contributed by atoms with E-state index in [4.69, 9.17) is 0 Å². The lowest BCUT2D eigenvalue weighted by Crippen LogP contribution is -2.18. The highest BCUT2D eigenvalue weighted by molar-refractivity contribution is 5.96. The number of H-pyrrole nitrogens is 1. The molecule has 0 saturated heterocycles. The van der Waals surface area contributed by atoms with Gasteiger partial charge in [0, 0.05) is 14.0 Å². The third-order valence-electron chi connectivity index (χ3n) is 1.99. The lowest BCUT2D eigenvalue weighted by atomic mass is 10.3. The van der Waals surface area contributed by atoms with Crippen molar-refractivity contribution in [1.82, 2.24) is 15.3 Å². The summed E-state index contributed by atoms with van der Waals surface area (Å²) in [6.07, 6.45) is 1.28. The van der Waals surface area contributed by atoms with E-state index in [9.17, 15) is 14.7 Å². The highest BCUT2D eigenvalue weighted by atomic mass is 16.3. The van der Waals surface area contributed by atoms with Crippen LogP contribution in [0.25, 0.3) is 0 Å². The van der Waals surface area contributed by atoms with Gasteiger partial charge in [-0.15, -0.1) is 10.2 Å². The fourth-order valence-corrected chi connectivity index (χ4v) is 1.15. The first kappa shape index (κ1) is 13.6. The molecule has 0 unspecified atom stereocenters. The molecule has 0 saturated carbocycles. The number of nitrogens with zero attached hydrogens (tertiary/aromatic N) is 3. The Kier molecular flexibility index (Phi) is 4.30. The van der Waals surface area contributed by atoms with Crippen LogP contribution in [0.1, 0.15) is 24.3 Å². The molecule has 1 rings (SSSR count). The standard InChI is InChI=1S/C10H13N5O3/c1-5(16)7(6(2)17)14-15-9-8(10(18)11-3)12-4-13-9/h4,16H,1-3H3,(H,11,18)(H,12,13)/b7-5-,15-14?. The molecule has 8 nitrogen and oxygen atoms in total. The molecule has 0 radical (unpaired) electrons. The number of aromatic nitrogens is 2. The van der Waals surface area contributed by atoms with E-state index in [1.165, 1.54) is 27.2 Å². The Morgan fingerprint density at radius 3 is 2.61 bits per heavy atom. The number of imidazole rings is 1. The summed E-state index contributed by atoms with van der Waals surface area (Å²) >= 11 is 0. The molecule has 0 aliphatic rings. The Morgan fingerprint density at radius 2 is 2.11 bits per heavy atom. The molecule has 0 spiro atoms. The Morgan fingerprint density at radius 1 is 1.44 bits per heavy atom. The summed E-state index contributed by atoms with van der Waals surface area (Å²) in [6.45, 7) is 2.57. The molecule has 96 valence electrons. The summed E-state index contributed by atoms with van der Waals surface area (Å²) in [5.41, 5.74) is -0.0550. The molecule has 18 heavy (non-hydrogen) atoms. The van der Waals surface area contributed by atoms with E-state index in [1.54, 1.807) is 0 Å². The van der Waals surface area contributed by atoms with Crippen LogP contribution in [0.4, 0.5) is 5.82 Å². The molecular weight excluding hydrogens is 238 g/mol. The van der Waals surface area contributed by atoms with Gasteiger partial charge in [-0.3, -0.25) is 9.59 Å². The normalized spacial score (nSPS) is 12.4. The second-order valence-electron chi connectivity index (χ2n) is 3.37. The molecule has 0 atom stereocenters. The van der Waals surface area contributed by atoms with Crippen molar-refractivity contribution >= 4 is 17.5 Å². The highest BCUT2D eigenvalue weighted by Gasteiger charge is 2.13. The Bertz CT molecular complexity index is 525. The number of carbonyl (C=O) groups excluding carboxylic acids is 2. The van der Waals surface area contributed by atoms with Crippen LogP contribution in [0.15, 0.2) is 28.0 Å². The SMILES string of the molecule is CNC(=O)c1[nH]cnc1N=N/C(C(C)=O)=C(/C)O. The minimum Gasteiger partial charge on any atom is -0.510 e. The number of hydrogen-bond donors (Lipinski definition) is 3. The Labute approximate surface area is 103 Å². The summed E-state index contributed by atoms with van der Waals surface area (Å²) in [5, 5.41) is 18.9. The van der Waals surface area contributed by atoms with Gasteiger partial charge in [0.25, 0.3) is 5.91 Å². The summed E-state index contributed by atoms with van der Waals surface area (Å²) in [6, 6.07) is 0. The third-order valence-corrected chi connectivity index (χ3v) is 1.99. The minimum absolute atomic E-state index is 0.0364. The topological polar surface area (TPSA) is 120 Å². The average molecular weight is 251 g/mol. The second-order valence-corrected chi connectivity index (χ2v) is 3.37. The number of azo groups is 1. The van der Waals surface area contributed by atoms with E-state index in [2.05, 4.69) is 25.5 Å². The molecule has 1 aromatic rings. The van der Waals surface area contributed by atoms with E-state index in [0.29, 0.717) is 0 Å². The van der Waals surface area contributed by atoms with Crippen molar-refractivity contribution in [3.63, 3.8) is 0 Å². The van der Waals surface area contributed by atoms with Crippen molar-refractivity contribution in [2.75, 3.05) is 7.05 Å². The molecule has 8 heteroatoms. The molecular formula is C10H13N5O3. The Hall–Kier alpha value is -2.51. The molecule has 0 aromatic carbocycles. The number of carbonyl (C=O) groups is 2. The number of aromatic amines is 1. The third kappa shape index (κ3) is 3.00. The van der Waals surface area contributed by atoms with Gasteiger partial charge in [-0.1, -0.05) is 0 Å². The number of ketones is 1. The van der Waals surface area contributed by atoms with Crippen molar-refractivity contribution in [1.29, 1.82) is 0 Å². The van der Waals surface area contributed by atoms with Crippen LogP contribution in [0.2, 0.25) is 0 Å². The highest BCUT2D eigenvalue weighted by Crippen LogP contribution is 2.16. The smallest absolute Gasteiger partial charge is 0.271 e. The van der Waals surface area contributed by atoms with Gasteiger partial charge in [0.2, 0.25) is 5.82 Å². The summed E-state index contributed by atoms with van der Waals surface area (Å²) in [7, 11) is 1.46. The maximum Gasteiger partial charge on any atom is 0.271 e. The van der Waals surface area contributed by atoms with Gasteiger partial charge < -0.3 is 15.4 Å². The quantitative estimate of drug-likeness (QED) is 0.423. The zero-order chi connectivity index (χ0) is 13.7. The number of nitrogens with one attached hydrogen (secondary N) is 2. The average Bonchev–Trinajstić information content (AvgIpc) is 2.75. The molecule has 0 aliphatic carbocycles.